The van der Waals surface area contributed by atoms with Gasteiger partial charge in [0.15, 0.2) is 0 Å². The molecule has 0 aliphatic rings. The van der Waals surface area contributed by atoms with Gasteiger partial charge in [0.25, 0.3) is 0 Å². The number of halogens is 1. The van der Waals surface area contributed by atoms with E-state index in [-0.39, 0.29) is 0 Å². The largest absolute Gasteiger partial charge is 0.388 e. The van der Waals surface area contributed by atoms with Gasteiger partial charge in [-0.3, -0.25) is 0 Å². The summed E-state index contributed by atoms with van der Waals surface area (Å²) in [6.07, 6.45) is 0.144. The van der Waals surface area contributed by atoms with Crippen LogP contribution in [0.25, 0.3) is 0 Å². The molecular weight excluding hydrogens is 244 g/mol. The molecule has 0 saturated heterocycles. The van der Waals surface area contributed by atoms with E-state index in [2.05, 4.69) is 31.2 Å². The van der Waals surface area contributed by atoms with Crippen molar-refractivity contribution in [2.45, 2.75) is 26.4 Å². The van der Waals surface area contributed by atoms with Crippen LogP contribution in [0.3, 0.4) is 0 Å². The molecule has 0 aliphatic heterocycles. The Hall–Kier alpha value is -1.31. The Bertz CT molecular complexity index is 531. The third-order valence-electron chi connectivity index (χ3n) is 3.12. The molecule has 1 nitrogen and oxygen atoms in total. The van der Waals surface area contributed by atoms with Crippen molar-refractivity contribution in [2.75, 3.05) is 0 Å². The SMILES string of the molecule is Cc1ccc(CC(O)c2ccc(Cl)c(C)c2)cc1. The van der Waals surface area contributed by atoms with Crippen LogP contribution in [0.4, 0.5) is 0 Å². The summed E-state index contributed by atoms with van der Waals surface area (Å²) in [5, 5.41) is 11.0. The second-order valence-electron chi connectivity index (χ2n) is 4.71. The molecule has 0 aliphatic carbocycles. The summed E-state index contributed by atoms with van der Waals surface area (Å²) in [5.41, 5.74) is 4.28. The average Bonchev–Trinajstić information content (AvgIpc) is 2.35. The third kappa shape index (κ3) is 3.12. The minimum Gasteiger partial charge on any atom is -0.388 e. The van der Waals surface area contributed by atoms with Crippen LogP contribution in [0.5, 0.6) is 0 Å². The van der Waals surface area contributed by atoms with Crippen molar-refractivity contribution in [2.24, 2.45) is 0 Å². The first-order valence-corrected chi connectivity index (χ1v) is 6.44. The second-order valence-corrected chi connectivity index (χ2v) is 5.12. The van der Waals surface area contributed by atoms with Gasteiger partial charge in [-0.05, 0) is 36.6 Å². The first kappa shape index (κ1) is 13.1. The van der Waals surface area contributed by atoms with Crippen LogP contribution in [0.2, 0.25) is 5.02 Å². The van der Waals surface area contributed by atoms with Crippen LogP contribution in [0.1, 0.15) is 28.4 Å². The molecule has 94 valence electrons. The maximum atomic E-state index is 10.2. The molecule has 0 spiro atoms. The molecule has 0 fully saturated rings. The van der Waals surface area contributed by atoms with E-state index < -0.39 is 6.10 Å². The predicted molar refractivity (Wildman–Crippen MR) is 76.0 cm³/mol. The molecule has 0 aromatic heterocycles. The van der Waals surface area contributed by atoms with Crippen molar-refractivity contribution in [1.29, 1.82) is 0 Å². The maximum Gasteiger partial charge on any atom is 0.0830 e. The van der Waals surface area contributed by atoms with E-state index in [1.165, 1.54) is 5.56 Å². The Kier molecular flexibility index (Phi) is 4.05. The minimum atomic E-state index is -0.483. The molecule has 0 saturated carbocycles. The van der Waals surface area contributed by atoms with Crippen molar-refractivity contribution in [3.8, 4) is 0 Å². The Labute approximate surface area is 113 Å². The monoisotopic (exact) mass is 260 g/mol. The molecule has 2 rings (SSSR count). The summed E-state index contributed by atoms with van der Waals surface area (Å²) in [7, 11) is 0. The molecule has 0 radical (unpaired) electrons. The predicted octanol–water partition coefficient (Wildman–Crippen LogP) is 4.23. The molecule has 0 bridgehead atoms. The summed E-state index contributed by atoms with van der Waals surface area (Å²) < 4.78 is 0. The molecule has 1 atom stereocenters. The molecule has 0 amide bonds. The van der Waals surface area contributed by atoms with Gasteiger partial charge in [0.05, 0.1) is 6.10 Å². The zero-order chi connectivity index (χ0) is 13.1. The second kappa shape index (κ2) is 5.55. The Morgan fingerprint density at radius 3 is 2.33 bits per heavy atom. The summed E-state index contributed by atoms with van der Waals surface area (Å²) in [4.78, 5) is 0. The van der Waals surface area contributed by atoms with Crippen LogP contribution in [0.15, 0.2) is 42.5 Å². The Morgan fingerprint density at radius 2 is 1.72 bits per heavy atom. The fraction of sp³-hybridized carbons (Fsp3) is 0.250. The van der Waals surface area contributed by atoms with E-state index in [0.717, 1.165) is 21.7 Å². The van der Waals surface area contributed by atoms with Crippen LogP contribution < -0.4 is 0 Å². The first-order chi connectivity index (χ1) is 8.56. The summed E-state index contributed by atoms with van der Waals surface area (Å²) >= 11 is 5.98. The van der Waals surface area contributed by atoms with E-state index in [0.29, 0.717) is 6.42 Å². The minimum absolute atomic E-state index is 0.483. The van der Waals surface area contributed by atoms with Gasteiger partial charge in [-0.2, -0.15) is 0 Å². The quantitative estimate of drug-likeness (QED) is 0.876. The van der Waals surface area contributed by atoms with Crippen molar-refractivity contribution in [1.82, 2.24) is 0 Å². The zero-order valence-corrected chi connectivity index (χ0v) is 11.4. The number of benzene rings is 2. The number of aliphatic hydroxyl groups is 1. The lowest BCUT2D eigenvalue weighted by Crippen LogP contribution is -2.02. The Balaban J connectivity index is 2.13. The molecule has 2 heteroatoms. The van der Waals surface area contributed by atoms with E-state index >= 15 is 0 Å². The van der Waals surface area contributed by atoms with Crippen molar-refractivity contribution in [3.05, 3.63) is 69.7 Å². The normalized spacial score (nSPS) is 12.4. The van der Waals surface area contributed by atoms with Gasteiger partial charge < -0.3 is 5.11 Å². The highest BCUT2D eigenvalue weighted by Crippen LogP contribution is 2.23. The highest BCUT2D eigenvalue weighted by molar-refractivity contribution is 6.31. The summed E-state index contributed by atoms with van der Waals surface area (Å²) in [6, 6.07) is 13.9. The maximum absolute atomic E-state index is 10.2. The van der Waals surface area contributed by atoms with Gasteiger partial charge in [-0.1, -0.05) is 53.6 Å². The van der Waals surface area contributed by atoms with Crippen LogP contribution in [0, 0.1) is 13.8 Å². The third-order valence-corrected chi connectivity index (χ3v) is 3.54. The standard InChI is InChI=1S/C16H17ClO/c1-11-3-5-13(6-4-11)10-16(18)14-7-8-15(17)12(2)9-14/h3-9,16,18H,10H2,1-2H3. The van der Waals surface area contributed by atoms with E-state index in [4.69, 9.17) is 11.6 Å². The molecular formula is C16H17ClO. The number of aliphatic hydroxyl groups excluding tert-OH is 1. The lowest BCUT2D eigenvalue weighted by molar-refractivity contribution is 0.178. The molecule has 2 aromatic carbocycles. The lowest BCUT2D eigenvalue weighted by Gasteiger charge is -2.12. The van der Waals surface area contributed by atoms with Crippen molar-refractivity contribution >= 4 is 11.6 Å². The highest BCUT2D eigenvalue weighted by atomic mass is 35.5. The molecule has 1 N–H and O–H groups in total. The van der Waals surface area contributed by atoms with E-state index in [9.17, 15) is 5.11 Å². The van der Waals surface area contributed by atoms with Gasteiger partial charge >= 0.3 is 0 Å². The van der Waals surface area contributed by atoms with Crippen LogP contribution in [-0.4, -0.2) is 5.11 Å². The fourth-order valence-electron chi connectivity index (χ4n) is 1.94. The van der Waals surface area contributed by atoms with E-state index in [1.807, 2.05) is 25.1 Å². The summed E-state index contributed by atoms with van der Waals surface area (Å²) in [5.74, 6) is 0. The number of aryl methyl sites for hydroxylation is 2. The fourth-order valence-corrected chi connectivity index (χ4v) is 2.06. The molecule has 18 heavy (non-hydrogen) atoms. The lowest BCUT2D eigenvalue weighted by atomic mass is 9.99. The number of hydrogen-bond donors (Lipinski definition) is 1. The zero-order valence-electron chi connectivity index (χ0n) is 10.7. The molecule has 1 unspecified atom stereocenters. The van der Waals surface area contributed by atoms with Gasteiger partial charge in [0, 0.05) is 11.4 Å². The van der Waals surface area contributed by atoms with Gasteiger partial charge in [-0.25, -0.2) is 0 Å². The topological polar surface area (TPSA) is 20.2 Å². The highest BCUT2D eigenvalue weighted by Gasteiger charge is 2.09. The van der Waals surface area contributed by atoms with Gasteiger partial charge in [0.2, 0.25) is 0 Å². The van der Waals surface area contributed by atoms with Crippen molar-refractivity contribution in [3.63, 3.8) is 0 Å². The number of rotatable bonds is 3. The number of hydrogen-bond acceptors (Lipinski definition) is 1. The smallest absolute Gasteiger partial charge is 0.0830 e. The molecule has 2 aromatic rings. The van der Waals surface area contributed by atoms with Gasteiger partial charge in [-0.15, -0.1) is 0 Å². The van der Waals surface area contributed by atoms with Crippen LogP contribution in [-0.2, 0) is 6.42 Å². The van der Waals surface area contributed by atoms with Crippen LogP contribution >= 0.6 is 11.6 Å². The molecule has 0 heterocycles. The average molecular weight is 261 g/mol. The summed E-state index contributed by atoms with van der Waals surface area (Å²) in [6.45, 7) is 4.01. The van der Waals surface area contributed by atoms with Crippen molar-refractivity contribution < 1.29 is 5.11 Å². The first-order valence-electron chi connectivity index (χ1n) is 6.06. The van der Waals surface area contributed by atoms with Gasteiger partial charge in [0.1, 0.15) is 0 Å². The van der Waals surface area contributed by atoms with E-state index in [1.54, 1.807) is 0 Å². The Morgan fingerprint density at radius 1 is 1.06 bits per heavy atom.